The smallest absolute Gasteiger partial charge is 0.213 e. The van der Waals surface area contributed by atoms with E-state index < -0.39 is 0 Å². The van der Waals surface area contributed by atoms with Crippen LogP contribution < -0.4 is 0 Å². The fourth-order valence-electron chi connectivity index (χ4n) is 1.76. The van der Waals surface area contributed by atoms with Crippen LogP contribution in [0.25, 0.3) is 0 Å². The molecule has 2 rings (SSSR count). The Kier molecular flexibility index (Phi) is 2.92. The number of hydrogen-bond donors (Lipinski definition) is 0. The average molecular weight is 181 g/mol. The van der Waals surface area contributed by atoms with Crippen molar-refractivity contribution in [3.63, 3.8) is 0 Å². The summed E-state index contributed by atoms with van der Waals surface area (Å²) in [7, 11) is 0. The molecule has 72 valence electrons. The van der Waals surface area contributed by atoms with Crippen LogP contribution >= 0.6 is 0 Å². The zero-order valence-electron chi connectivity index (χ0n) is 7.78. The van der Waals surface area contributed by atoms with Crippen LogP contribution in [0.1, 0.15) is 31.5 Å². The summed E-state index contributed by atoms with van der Waals surface area (Å²) in [6.07, 6.45) is 6.73. The second-order valence-electron chi connectivity index (χ2n) is 3.54. The Hall–Kier alpha value is -0.900. The largest absolute Gasteiger partial charge is 0.343 e. The molecule has 0 aromatic carbocycles. The van der Waals surface area contributed by atoms with Crippen molar-refractivity contribution in [1.29, 1.82) is 0 Å². The normalized spacial score (nSPS) is 20.0. The van der Waals surface area contributed by atoms with E-state index >= 15 is 0 Å². The van der Waals surface area contributed by atoms with Crippen LogP contribution in [0.2, 0.25) is 0 Å². The summed E-state index contributed by atoms with van der Waals surface area (Å²) in [4.78, 5) is 6.42. The molecule has 0 radical (unpaired) electrons. The van der Waals surface area contributed by atoms with Crippen LogP contribution in [0.5, 0.6) is 0 Å². The summed E-state index contributed by atoms with van der Waals surface area (Å²) >= 11 is 0. The number of aromatic nitrogens is 2. The molecule has 0 spiro atoms. The zero-order chi connectivity index (χ0) is 8.93. The van der Waals surface area contributed by atoms with Gasteiger partial charge in [0.25, 0.3) is 0 Å². The third kappa shape index (κ3) is 2.52. The fraction of sp³-hybridized carbons (Fsp3) is 0.778. The van der Waals surface area contributed by atoms with Crippen molar-refractivity contribution >= 4 is 0 Å². The van der Waals surface area contributed by atoms with Crippen LogP contribution in [-0.4, -0.2) is 28.1 Å². The van der Waals surface area contributed by atoms with E-state index in [4.69, 9.17) is 4.52 Å². The zero-order valence-corrected chi connectivity index (χ0v) is 7.78. The minimum atomic E-state index is 0.807. The molecule has 4 nitrogen and oxygen atoms in total. The highest BCUT2D eigenvalue weighted by Gasteiger charge is 2.11. The molecule has 1 aromatic heterocycles. The van der Waals surface area contributed by atoms with Crippen LogP contribution in [0.4, 0.5) is 0 Å². The quantitative estimate of drug-likeness (QED) is 0.692. The van der Waals surface area contributed by atoms with Crippen LogP contribution in [0.3, 0.4) is 0 Å². The van der Waals surface area contributed by atoms with Crippen LogP contribution in [0.15, 0.2) is 10.9 Å². The number of nitrogens with zero attached hydrogens (tertiary/aromatic N) is 3. The molecule has 0 bridgehead atoms. The van der Waals surface area contributed by atoms with Gasteiger partial charge in [0.1, 0.15) is 0 Å². The Labute approximate surface area is 77.9 Å². The highest BCUT2D eigenvalue weighted by atomic mass is 16.5. The topological polar surface area (TPSA) is 42.2 Å². The van der Waals surface area contributed by atoms with E-state index in [0.29, 0.717) is 0 Å². The first kappa shape index (κ1) is 8.69. The van der Waals surface area contributed by atoms with Crippen LogP contribution in [-0.2, 0) is 6.54 Å². The molecule has 4 heteroatoms. The summed E-state index contributed by atoms with van der Waals surface area (Å²) in [5, 5.41) is 3.81. The first-order valence-electron chi connectivity index (χ1n) is 4.93. The Morgan fingerprint density at radius 2 is 2.00 bits per heavy atom. The first-order chi connectivity index (χ1) is 6.45. The molecule has 1 saturated heterocycles. The minimum Gasteiger partial charge on any atom is -0.343 e. The SMILES string of the molecule is c1nc(CN2CCCCCC2)no1. The maximum atomic E-state index is 4.70. The molecule has 2 heterocycles. The average Bonchev–Trinajstić information content (AvgIpc) is 2.49. The van der Waals surface area contributed by atoms with Crippen molar-refractivity contribution in [3.05, 3.63) is 12.2 Å². The van der Waals surface area contributed by atoms with Crippen molar-refractivity contribution < 1.29 is 4.52 Å². The van der Waals surface area contributed by atoms with E-state index in [-0.39, 0.29) is 0 Å². The highest BCUT2D eigenvalue weighted by molar-refractivity contribution is 4.78. The first-order valence-corrected chi connectivity index (χ1v) is 4.93. The van der Waals surface area contributed by atoms with Gasteiger partial charge in [0.05, 0.1) is 6.54 Å². The van der Waals surface area contributed by atoms with Gasteiger partial charge in [-0.15, -0.1) is 0 Å². The Balaban J connectivity index is 1.86. The molecule has 0 N–H and O–H groups in total. The van der Waals surface area contributed by atoms with Crippen molar-refractivity contribution in [3.8, 4) is 0 Å². The lowest BCUT2D eigenvalue weighted by Gasteiger charge is -2.16. The molecule has 1 aromatic rings. The molecule has 1 fully saturated rings. The lowest BCUT2D eigenvalue weighted by Crippen LogP contribution is -2.24. The lowest BCUT2D eigenvalue weighted by atomic mass is 10.2. The molecule has 0 atom stereocenters. The minimum absolute atomic E-state index is 0.807. The van der Waals surface area contributed by atoms with Gasteiger partial charge >= 0.3 is 0 Å². The highest BCUT2D eigenvalue weighted by Crippen LogP contribution is 2.11. The summed E-state index contributed by atoms with van der Waals surface area (Å²) in [6.45, 7) is 3.19. The third-order valence-corrected chi connectivity index (χ3v) is 2.47. The summed E-state index contributed by atoms with van der Waals surface area (Å²) in [5.74, 6) is 0.807. The van der Waals surface area contributed by atoms with Gasteiger partial charge < -0.3 is 4.52 Å². The van der Waals surface area contributed by atoms with E-state index in [9.17, 15) is 0 Å². The second-order valence-corrected chi connectivity index (χ2v) is 3.54. The van der Waals surface area contributed by atoms with E-state index in [1.807, 2.05) is 0 Å². The van der Waals surface area contributed by atoms with Gasteiger partial charge in [-0.2, -0.15) is 4.98 Å². The fourth-order valence-corrected chi connectivity index (χ4v) is 1.76. The van der Waals surface area contributed by atoms with Gasteiger partial charge in [-0.1, -0.05) is 18.0 Å². The van der Waals surface area contributed by atoms with Gasteiger partial charge in [0.2, 0.25) is 6.39 Å². The Bertz CT molecular complexity index is 227. The van der Waals surface area contributed by atoms with Gasteiger partial charge in [-0.25, -0.2) is 0 Å². The molecular weight excluding hydrogens is 166 g/mol. The summed E-state index contributed by atoms with van der Waals surface area (Å²) in [6, 6.07) is 0. The predicted octanol–water partition coefficient (Wildman–Crippen LogP) is 1.45. The van der Waals surface area contributed by atoms with Gasteiger partial charge in [0, 0.05) is 0 Å². The van der Waals surface area contributed by atoms with E-state index in [1.54, 1.807) is 0 Å². The number of hydrogen-bond acceptors (Lipinski definition) is 4. The molecule has 0 saturated carbocycles. The van der Waals surface area contributed by atoms with E-state index in [0.717, 1.165) is 12.4 Å². The van der Waals surface area contributed by atoms with E-state index in [2.05, 4.69) is 15.0 Å². The third-order valence-electron chi connectivity index (χ3n) is 2.47. The van der Waals surface area contributed by atoms with Crippen molar-refractivity contribution in [2.24, 2.45) is 0 Å². The van der Waals surface area contributed by atoms with Crippen molar-refractivity contribution in [2.75, 3.05) is 13.1 Å². The Morgan fingerprint density at radius 3 is 2.62 bits per heavy atom. The maximum absolute atomic E-state index is 4.70. The summed E-state index contributed by atoms with van der Waals surface area (Å²) in [5.41, 5.74) is 0. The van der Waals surface area contributed by atoms with Gasteiger partial charge in [-0.3, -0.25) is 4.90 Å². The Morgan fingerprint density at radius 1 is 1.23 bits per heavy atom. The maximum Gasteiger partial charge on any atom is 0.213 e. The molecule has 1 aliphatic heterocycles. The number of likely N-dealkylation sites (tertiary alicyclic amines) is 1. The van der Waals surface area contributed by atoms with Gasteiger partial charge in [0.15, 0.2) is 5.82 Å². The molecule has 0 amide bonds. The summed E-state index contributed by atoms with van der Waals surface area (Å²) < 4.78 is 4.70. The monoisotopic (exact) mass is 181 g/mol. The van der Waals surface area contributed by atoms with Gasteiger partial charge in [-0.05, 0) is 25.9 Å². The molecule has 0 aliphatic carbocycles. The number of rotatable bonds is 2. The molecule has 0 unspecified atom stereocenters. The molecule has 1 aliphatic rings. The standard InChI is InChI=1S/C9H15N3O/c1-2-4-6-12(5-3-1)7-9-10-8-13-11-9/h8H,1-7H2. The van der Waals surface area contributed by atoms with Crippen molar-refractivity contribution in [1.82, 2.24) is 15.0 Å². The lowest BCUT2D eigenvalue weighted by molar-refractivity contribution is 0.264. The molecular formula is C9H15N3O. The van der Waals surface area contributed by atoms with Crippen LogP contribution in [0, 0.1) is 0 Å². The molecule has 13 heavy (non-hydrogen) atoms. The predicted molar refractivity (Wildman–Crippen MR) is 48.0 cm³/mol. The van der Waals surface area contributed by atoms with E-state index in [1.165, 1.54) is 45.2 Å². The van der Waals surface area contributed by atoms with Crippen molar-refractivity contribution in [2.45, 2.75) is 32.2 Å². The second kappa shape index (κ2) is 4.37.